The van der Waals surface area contributed by atoms with Crippen molar-refractivity contribution in [1.29, 1.82) is 0 Å². The lowest BCUT2D eigenvalue weighted by Crippen LogP contribution is -2.10. The standard InChI is InChI=1S/C23H17N3O2.C5H9N/c1-3-22-25-19-12-8-7-11-18(19)23(26-22)24-16-13-14-20(21(15-16)27-2)28-17-9-5-4-6-10-17;1-2-6-5-3-4(1)5/h1,4-15H,2H3,(H,24,25,26);4-6H,1-3H2. The molecule has 3 aromatic carbocycles. The lowest BCUT2D eigenvalue weighted by Gasteiger charge is -2.14. The molecular weight excluding hydrogens is 424 g/mol. The van der Waals surface area contributed by atoms with Crippen molar-refractivity contribution in [3.05, 3.63) is 78.6 Å². The van der Waals surface area contributed by atoms with Gasteiger partial charge < -0.3 is 20.1 Å². The lowest BCUT2D eigenvalue weighted by molar-refractivity contribution is 0.379. The van der Waals surface area contributed by atoms with E-state index in [9.17, 15) is 0 Å². The van der Waals surface area contributed by atoms with Gasteiger partial charge in [-0.25, -0.2) is 9.97 Å². The Labute approximate surface area is 199 Å². The Morgan fingerprint density at radius 1 is 1.00 bits per heavy atom. The topological polar surface area (TPSA) is 68.3 Å². The zero-order valence-electron chi connectivity index (χ0n) is 19.0. The van der Waals surface area contributed by atoms with Crippen molar-refractivity contribution in [3.8, 4) is 29.6 Å². The highest BCUT2D eigenvalue weighted by atomic mass is 16.5. The van der Waals surface area contributed by atoms with E-state index in [0.29, 0.717) is 23.1 Å². The van der Waals surface area contributed by atoms with Crippen molar-refractivity contribution in [2.45, 2.75) is 18.9 Å². The molecule has 1 saturated carbocycles. The van der Waals surface area contributed by atoms with Gasteiger partial charge in [-0.1, -0.05) is 30.3 Å². The molecule has 2 heterocycles. The zero-order chi connectivity index (χ0) is 23.3. The molecule has 4 aromatic rings. The molecule has 2 N–H and O–H groups in total. The Hall–Kier alpha value is -4.08. The molecule has 0 bridgehead atoms. The third-order valence-corrected chi connectivity index (χ3v) is 5.97. The summed E-state index contributed by atoms with van der Waals surface area (Å²) in [6.45, 7) is 1.29. The Morgan fingerprint density at radius 2 is 1.82 bits per heavy atom. The van der Waals surface area contributed by atoms with E-state index in [-0.39, 0.29) is 0 Å². The largest absolute Gasteiger partial charge is 0.493 e. The maximum Gasteiger partial charge on any atom is 0.207 e. The van der Waals surface area contributed by atoms with Crippen LogP contribution in [0.5, 0.6) is 17.2 Å². The van der Waals surface area contributed by atoms with Crippen molar-refractivity contribution in [2.75, 3.05) is 19.0 Å². The third-order valence-electron chi connectivity index (χ3n) is 5.97. The summed E-state index contributed by atoms with van der Waals surface area (Å²) in [6, 6.07) is 23.8. The third kappa shape index (κ3) is 4.95. The van der Waals surface area contributed by atoms with Crippen molar-refractivity contribution in [1.82, 2.24) is 15.3 Å². The highest BCUT2D eigenvalue weighted by molar-refractivity contribution is 5.91. The van der Waals surface area contributed by atoms with Crippen LogP contribution in [0.1, 0.15) is 18.7 Å². The van der Waals surface area contributed by atoms with Crippen molar-refractivity contribution < 1.29 is 9.47 Å². The summed E-state index contributed by atoms with van der Waals surface area (Å²) in [7, 11) is 1.60. The van der Waals surface area contributed by atoms with E-state index in [1.165, 1.54) is 19.4 Å². The average Bonchev–Trinajstić information content (AvgIpc) is 3.49. The molecule has 1 saturated heterocycles. The molecule has 170 valence electrons. The second-order valence-corrected chi connectivity index (χ2v) is 8.31. The molecule has 1 aliphatic carbocycles. The fourth-order valence-electron chi connectivity index (χ4n) is 4.09. The van der Waals surface area contributed by atoms with E-state index in [1.807, 2.05) is 72.8 Å². The number of hydrogen-bond acceptors (Lipinski definition) is 6. The first-order valence-electron chi connectivity index (χ1n) is 11.4. The molecule has 2 aliphatic rings. The van der Waals surface area contributed by atoms with E-state index in [2.05, 4.69) is 26.5 Å². The van der Waals surface area contributed by atoms with Crippen LogP contribution in [0.3, 0.4) is 0 Å². The van der Waals surface area contributed by atoms with Crippen LogP contribution < -0.4 is 20.1 Å². The van der Waals surface area contributed by atoms with E-state index in [1.54, 1.807) is 7.11 Å². The number of hydrogen-bond donors (Lipinski definition) is 2. The average molecular weight is 451 g/mol. The van der Waals surface area contributed by atoms with Crippen molar-refractivity contribution in [2.24, 2.45) is 5.92 Å². The van der Waals surface area contributed by atoms with Gasteiger partial charge in [0.15, 0.2) is 11.5 Å². The molecule has 2 unspecified atom stereocenters. The fraction of sp³-hybridized carbons (Fsp3) is 0.214. The maximum atomic E-state index is 5.91. The smallest absolute Gasteiger partial charge is 0.207 e. The van der Waals surface area contributed by atoms with E-state index < -0.39 is 0 Å². The Bertz CT molecular complexity index is 1330. The SMILES string of the molecule is C#Cc1nc(Nc2ccc(Oc3ccccc3)c(OC)c2)c2ccccc2n1.C1CC2CC2N1. The molecule has 2 atom stereocenters. The van der Waals surface area contributed by atoms with Gasteiger partial charge in [-0.15, -0.1) is 6.42 Å². The number of rotatable bonds is 5. The predicted molar refractivity (Wildman–Crippen MR) is 135 cm³/mol. The van der Waals surface area contributed by atoms with Crippen LogP contribution in [0, 0.1) is 18.3 Å². The van der Waals surface area contributed by atoms with E-state index in [4.69, 9.17) is 15.9 Å². The number of piperidine rings is 1. The van der Waals surface area contributed by atoms with Gasteiger partial charge in [0.2, 0.25) is 5.82 Å². The van der Waals surface area contributed by atoms with Crippen LogP contribution >= 0.6 is 0 Å². The number of nitrogens with one attached hydrogen (secondary N) is 2. The van der Waals surface area contributed by atoms with E-state index >= 15 is 0 Å². The Morgan fingerprint density at radius 3 is 2.50 bits per heavy atom. The number of aromatic nitrogens is 2. The Balaban J connectivity index is 0.000000343. The number of terminal acetylenes is 1. The molecular formula is C28H26N4O2. The normalized spacial score (nSPS) is 17.6. The quantitative estimate of drug-likeness (QED) is 0.390. The summed E-state index contributed by atoms with van der Waals surface area (Å²) in [6.07, 6.45) is 8.42. The second-order valence-electron chi connectivity index (χ2n) is 8.31. The van der Waals surface area contributed by atoms with Gasteiger partial charge in [-0.3, -0.25) is 0 Å². The number of fused-ring (bicyclic) bond motifs is 2. The molecule has 6 nitrogen and oxygen atoms in total. The lowest BCUT2D eigenvalue weighted by atomic mass is 10.2. The predicted octanol–water partition coefficient (Wildman–Crippen LogP) is 5.52. The van der Waals surface area contributed by atoms with Crippen molar-refractivity contribution in [3.63, 3.8) is 0 Å². The summed E-state index contributed by atoms with van der Waals surface area (Å²) < 4.78 is 11.4. The number of nitrogens with zero attached hydrogens (tertiary/aromatic N) is 2. The molecule has 1 aliphatic heterocycles. The minimum absolute atomic E-state index is 0.331. The first kappa shape index (κ1) is 21.7. The minimum atomic E-state index is 0.331. The van der Waals surface area contributed by atoms with E-state index in [0.717, 1.165) is 34.3 Å². The summed E-state index contributed by atoms with van der Waals surface area (Å²) >= 11 is 0. The minimum Gasteiger partial charge on any atom is -0.493 e. The van der Waals surface area contributed by atoms with Crippen LogP contribution in [0.4, 0.5) is 11.5 Å². The highest BCUT2D eigenvalue weighted by Gasteiger charge is 2.40. The summed E-state index contributed by atoms with van der Waals surface area (Å²) in [5, 5.41) is 7.58. The van der Waals surface area contributed by atoms with Gasteiger partial charge in [0, 0.05) is 23.2 Å². The molecule has 1 aromatic heterocycles. The highest BCUT2D eigenvalue weighted by Crippen LogP contribution is 2.37. The number of benzene rings is 3. The first-order valence-corrected chi connectivity index (χ1v) is 11.4. The Kier molecular flexibility index (Phi) is 6.28. The molecule has 2 fully saturated rings. The molecule has 6 heteroatoms. The molecule has 6 rings (SSSR count). The van der Waals surface area contributed by atoms with Crippen LogP contribution in [-0.4, -0.2) is 29.7 Å². The van der Waals surface area contributed by atoms with Gasteiger partial charge in [-0.05, 0) is 67.6 Å². The van der Waals surface area contributed by atoms with Crippen LogP contribution in [0.15, 0.2) is 72.8 Å². The van der Waals surface area contributed by atoms with Crippen LogP contribution in [0.25, 0.3) is 10.9 Å². The number of para-hydroxylation sites is 2. The number of anilines is 2. The number of methoxy groups -OCH3 is 1. The van der Waals surface area contributed by atoms with Crippen LogP contribution in [-0.2, 0) is 0 Å². The monoisotopic (exact) mass is 450 g/mol. The summed E-state index contributed by atoms with van der Waals surface area (Å²) in [4.78, 5) is 8.79. The molecule has 34 heavy (non-hydrogen) atoms. The zero-order valence-corrected chi connectivity index (χ0v) is 19.0. The molecule has 0 radical (unpaired) electrons. The van der Waals surface area contributed by atoms with Gasteiger partial charge in [0.05, 0.1) is 12.6 Å². The van der Waals surface area contributed by atoms with Crippen LogP contribution in [0.2, 0.25) is 0 Å². The van der Waals surface area contributed by atoms with Gasteiger partial charge in [0.25, 0.3) is 0 Å². The fourth-order valence-corrected chi connectivity index (χ4v) is 4.09. The van der Waals surface area contributed by atoms with Gasteiger partial charge in [-0.2, -0.15) is 0 Å². The number of ether oxygens (including phenoxy) is 2. The molecule has 0 spiro atoms. The summed E-state index contributed by atoms with van der Waals surface area (Å²) in [5.74, 6) is 6.53. The second kappa shape index (κ2) is 9.82. The molecule has 0 amide bonds. The summed E-state index contributed by atoms with van der Waals surface area (Å²) in [5.41, 5.74) is 1.58. The van der Waals surface area contributed by atoms with Crippen molar-refractivity contribution >= 4 is 22.4 Å². The first-order chi connectivity index (χ1) is 16.7. The van der Waals surface area contributed by atoms with Gasteiger partial charge in [0.1, 0.15) is 11.6 Å². The van der Waals surface area contributed by atoms with Gasteiger partial charge >= 0.3 is 0 Å². The maximum absolute atomic E-state index is 5.91.